The monoisotopic (exact) mass is 111 g/mol. The van der Waals surface area contributed by atoms with E-state index in [1.165, 1.54) is 18.4 Å². The van der Waals surface area contributed by atoms with E-state index >= 15 is 0 Å². The molecule has 0 fully saturated rings. The van der Waals surface area contributed by atoms with Crippen LogP contribution in [0.3, 0.4) is 0 Å². The molecule has 0 saturated heterocycles. The van der Waals surface area contributed by atoms with E-state index in [0.717, 1.165) is 0 Å². The maximum atomic E-state index is 2.22. The van der Waals surface area contributed by atoms with Crippen LogP contribution in [0.25, 0.3) is 0 Å². The third-order valence-electron chi connectivity index (χ3n) is 0.907. The van der Waals surface area contributed by atoms with Crippen molar-refractivity contribution < 1.29 is 0 Å². The van der Waals surface area contributed by atoms with E-state index < -0.39 is 0 Å². The second-order valence-corrected chi connectivity index (χ2v) is 2.27. The minimum Gasteiger partial charge on any atom is -0.0822 e. The highest BCUT2D eigenvalue weighted by molar-refractivity contribution is 5.01. The van der Waals surface area contributed by atoms with Gasteiger partial charge in [-0.1, -0.05) is 25.0 Å². The molecule has 0 aliphatic heterocycles. The lowest BCUT2D eigenvalue weighted by molar-refractivity contribution is 0.920. The van der Waals surface area contributed by atoms with Gasteiger partial charge in [0.2, 0.25) is 0 Å². The van der Waals surface area contributed by atoms with Crippen molar-refractivity contribution >= 4 is 0 Å². The Kier molecular flexibility index (Phi) is 4.73. The first kappa shape index (κ1) is 7.74. The fraction of sp³-hybridized carbons (Fsp3) is 0.625. The molecule has 0 saturated carbocycles. The summed E-state index contributed by atoms with van der Waals surface area (Å²) in [6, 6.07) is 0. The molecule has 0 rings (SSSR count). The first-order valence-electron chi connectivity index (χ1n) is 3.24. The van der Waals surface area contributed by atoms with Crippen LogP contribution in [-0.4, -0.2) is 0 Å². The number of rotatable bonds is 3. The third-order valence-corrected chi connectivity index (χ3v) is 0.907. The van der Waals surface area contributed by atoms with Crippen LogP contribution in [0.5, 0.6) is 0 Å². The van der Waals surface area contributed by atoms with Gasteiger partial charge in [-0.2, -0.15) is 0 Å². The molecule has 0 aliphatic rings. The number of hydrogen-bond acceptors (Lipinski definition) is 0. The number of hydrogen-bond donors (Lipinski definition) is 0. The maximum absolute atomic E-state index is 2.22. The summed E-state index contributed by atoms with van der Waals surface area (Å²) >= 11 is 0. The molecule has 0 aliphatic carbocycles. The largest absolute Gasteiger partial charge is 0.0822 e. The number of unbranched alkanes of at least 4 members (excludes halogenated alkanes) is 2. The molecule has 0 aromatic rings. The van der Waals surface area contributed by atoms with Crippen LogP contribution < -0.4 is 0 Å². The molecule has 1 radical (unpaired) electrons. The van der Waals surface area contributed by atoms with E-state index in [0.29, 0.717) is 0 Å². The SMILES string of the molecule is CCC[CH]C=C(C)C. The van der Waals surface area contributed by atoms with Crippen LogP contribution in [-0.2, 0) is 0 Å². The van der Waals surface area contributed by atoms with Gasteiger partial charge in [-0.15, -0.1) is 0 Å². The summed E-state index contributed by atoms with van der Waals surface area (Å²) in [5.41, 5.74) is 1.39. The van der Waals surface area contributed by atoms with E-state index in [-0.39, 0.29) is 0 Å². The van der Waals surface area contributed by atoms with Gasteiger partial charge in [0.25, 0.3) is 0 Å². The Bertz CT molecular complexity index is 66.1. The van der Waals surface area contributed by atoms with Crippen LogP contribution in [0.2, 0.25) is 0 Å². The Morgan fingerprint density at radius 1 is 1.38 bits per heavy atom. The van der Waals surface area contributed by atoms with Crippen molar-refractivity contribution in [3.05, 3.63) is 18.1 Å². The zero-order valence-corrected chi connectivity index (χ0v) is 6.07. The molecule has 47 valence electrons. The standard InChI is InChI=1S/C8H15/c1-4-5-6-7-8(2)3/h6-7H,4-5H2,1-3H3. The Morgan fingerprint density at radius 3 is 2.38 bits per heavy atom. The van der Waals surface area contributed by atoms with Crippen LogP contribution >= 0.6 is 0 Å². The second kappa shape index (κ2) is 4.89. The molecule has 0 heteroatoms. The van der Waals surface area contributed by atoms with Crippen LogP contribution in [0.15, 0.2) is 11.6 Å². The Labute approximate surface area is 52.6 Å². The molecule has 0 spiro atoms. The summed E-state index contributed by atoms with van der Waals surface area (Å²) in [6.45, 7) is 6.42. The van der Waals surface area contributed by atoms with Gasteiger partial charge in [0.15, 0.2) is 0 Å². The highest BCUT2D eigenvalue weighted by Crippen LogP contribution is 1.97. The topological polar surface area (TPSA) is 0 Å². The van der Waals surface area contributed by atoms with Crippen LogP contribution in [0.4, 0.5) is 0 Å². The Balaban J connectivity index is 3.03. The van der Waals surface area contributed by atoms with Gasteiger partial charge in [0.05, 0.1) is 0 Å². The average Bonchev–Trinajstić information content (AvgIpc) is 1.66. The lowest BCUT2D eigenvalue weighted by Gasteiger charge is -1.88. The van der Waals surface area contributed by atoms with Gasteiger partial charge in [-0.05, 0) is 26.7 Å². The summed E-state index contributed by atoms with van der Waals surface area (Å²) in [5, 5.41) is 0. The van der Waals surface area contributed by atoms with Gasteiger partial charge < -0.3 is 0 Å². The van der Waals surface area contributed by atoms with Gasteiger partial charge in [0.1, 0.15) is 0 Å². The molecular formula is C8H15. The molecule has 0 heterocycles. The van der Waals surface area contributed by atoms with E-state index in [2.05, 4.69) is 33.3 Å². The van der Waals surface area contributed by atoms with Crippen molar-refractivity contribution in [3.8, 4) is 0 Å². The fourth-order valence-electron chi connectivity index (χ4n) is 0.486. The highest BCUT2D eigenvalue weighted by Gasteiger charge is 1.78. The number of allylic oxidation sites excluding steroid dienone is 2. The second-order valence-electron chi connectivity index (χ2n) is 2.27. The van der Waals surface area contributed by atoms with Gasteiger partial charge in [-0.3, -0.25) is 0 Å². The maximum Gasteiger partial charge on any atom is -0.0168 e. The first-order chi connectivity index (χ1) is 3.77. The lowest BCUT2D eigenvalue weighted by atomic mass is 10.2. The molecule has 0 nitrogen and oxygen atoms in total. The van der Waals surface area contributed by atoms with Crippen molar-refractivity contribution in [1.82, 2.24) is 0 Å². The molecule has 0 unspecified atom stereocenters. The van der Waals surface area contributed by atoms with Crippen LogP contribution in [0.1, 0.15) is 33.6 Å². The quantitative estimate of drug-likeness (QED) is 0.491. The molecule has 0 bridgehead atoms. The zero-order chi connectivity index (χ0) is 6.41. The third kappa shape index (κ3) is 5.74. The van der Waals surface area contributed by atoms with E-state index in [4.69, 9.17) is 0 Å². The molecule has 0 aromatic heterocycles. The van der Waals surface area contributed by atoms with Gasteiger partial charge in [-0.25, -0.2) is 0 Å². The van der Waals surface area contributed by atoms with Crippen molar-refractivity contribution in [2.75, 3.05) is 0 Å². The van der Waals surface area contributed by atoms with Crippen molar-refractivity contribution in [2.45, 2.75) is 33.6 Å². The summed E-state index contributed by atoms with van der Waals surface area (Å²) in [7, 11) is 0. The zero-order valence-electron chi connectivity index (χ0n) is 6.07. The molecule has 0 aromatic carbocycles. The molecule has 0 amide bonds. The first-order valence-corrected chi connectivity index (χ1v) is 3.24. The lowest BCUT2D eigenvalue weighted by Crippen LogP contribution is -1.69. The van der Waals surface area contributed by atoms with E-state index in [1.54, 1.807) is 0 Å². The predicted octanol–water partition coefficient (Wildman–Crippen LogP) is 2.96. The summed E-state index contributed by atoms with van der Waals surface area (Å²) in [6.07, 6.45) is 6.85. The minimum atomic E-state index is 1.21. The van der Waals surface area contributed by atoms with Gasteiger partial charge in [0, 0.05) is 0 Å². The summed E-state index contributed by atoms with van der Waals surface area (Å²) in [5.74, 6) is 0. The molecule has 0 N–H and O–H groups in total. The highest BCUT2D eigenvalue weighted by atomic mass is 13.8. The van der Waals surface area contributed by atoms with Crippen molar-refractivity contribution in [2.24, 2.45) is 0 Å². The van der Waals surface area contributed by atoms with Crippen LogP contribution in [0, 0.1) is 6.42 Å². The molecular weight excluding hydrogens is 96.1 g/mol. The molecule has 0 atom stereocenters. The smallest absolute Gasteiger partial charge is 0.0168 e. The van der Waals surface area contributed by atoms with E-state index in [1.807, 2.05) is 0 Å². The summed E-state index contributed by atoms with van der Waals surface area (Å²) < 4.78 is 0. The average molecular weight is 111 g/mol. The molecule has 8 heavy (non-hydrogen) atoms. The van der Waals surface area contributed by atoms with E-state index in [9.17, 15) is 0 Å². The van der Waals surface area contributed by atoms with Crippen molar-refractivity contribution in [1.29, 1.82) is 0 Å². The predicted molar refractivity (Wildman–Crippen MR) is 38.6 cm³/mol. The fourth-order valence-corrected chi connectivity index (χ4v) is 0.486. The minimum absolute atomic E-state index is 1.21. The van der Waals surface area contributed by atoms with Gasteiger partial charge >= 0.3 is 0 Å². The van der Waals surface area contributed by atoms with Crippen molar-refractivity contribution in [3.63, 3.8) is 0 Å². The Hall–Kier alpha value is -0.260. The summed E-state index contributed by atoms with van der Waals surface area (Å²) in [4.78, 5) is 0. The normalized spacial score (nSPS) is 8.88. The Morgan fingerprint density at radius 2 is 2.00 bits per heavy atom.